The lowest BCUT2D eigenvalue weighted by Gasteiger charge is -2.31. The van der Waals surface area contributed by atoms with E-state index in [0.717, 1.165) is 12.3 Å². The SMILES string of the molecule is CNC(=O)[C@@H](C)N(Cc1ccc(Cl)cc1Cl)C(=O)CN(c1ccccc1F)S(C)(=O)=O. The zero-order valence-corrected chi connectivity index (χ0v) is 19.4. The van der Waals surface area contributed by atoms with E-state index in [1.807, 2.05) is 0 Å². The van der Waals surface area contributed by atoms with Gasteiger partial charge in [0.25, 0.3) is 0 Å². The Bertz CT molecular complexity index is 1080. The number of hydrogen-bond acceptors (Lipinski definition) is 4. The average Bonchev–Trinajstić information content (AvgIpc) is 2.70. The normalized spacial score (nSPS) is 12.2. The lowest BCUT2D eigenvalue weighted by Crippen LogP contribution is -2.50. The summed E-state index contributed by atoms with van der Waals surface area (Å²) in [4.78, 5) is 26.6. The first-order valence-corrected chi connectivity index (χ1v) is 11.7. The van der Waals surface area contributed by atoms with Crippen LogP contribution in [0, 0.1) is 5.82 Å². The number of halogens is 3. The van der Waals surface area contributed by atoms with Crippen molar-refractivity contribution >= 4 is 50.7 Å². The smallest absolute Gasteiger partial charge is 0.244 e. The first kappa shape index (κ1) is 24.9. The van der Waals surface area contributed by atoms with E-state index in [1.165, 1.54) is 43.1 Å². The van der Waals surface area contributed by atoms with Crippen LogP contribution in [0.15, 0.2) is 42.5 Å². The van der Waals surface area contributed by atoms with Gasteiger partial charge in [-0.15, -0.1) is 0 Å². The van der Waals surface area contributed by atoms with Crippen molar-refractivity contribution in [3.63, 3.8) is 0 Å². The van der Waals surface area contributed by atoms with Crippen LogP contribution < -0.4 is 9.62 Å². The molecule has 0 radical (unpaired) electrons. The van der Waals surface area contributed by atoms with Crippen molar-refractivity contribution < 1.29 is 22.4 Å². The number of carbonyl (C=O) groups excluding carboxylic acids is 2. The van der Waals surface area contributed by atoms with Crippen molar-refractivity contribution in [1.82, 2.24) is 10.2 Å². The first-order chi connectivity index (χ1) is 14.5. The summed E-state index contributed by atoms with van der Waals surface area (Å²) < 4.78 is 39.6. The molecule has 0 aliphatic heterocycles. The fourth-order valence-electron chi connectivity index (χ4n) is 2.87. The van der Waals surface area contributed by atoms with Gasteiger partial charge < -0.3 is 10.2 Å². The Balaban J connectivity index is 2.43. The molecule has 2 amide bonds. The van der Waals surface area contributed by atoms with Gasteiger partial charge in [-0.25, -0.2) is 12.8 Å². The number of hydrogen-bond donors (Lipinski definition) is 1. The predicted molar refractivity (Wildman–Crippen MR) is 119 cm³/mol. The molecular weight excluding hydrogens is 468 g/mol. The Morgan fingerprint density at radius 1 is 1.16 bits per heavy atom. The van der Waals surface area contributed by atoms with Crippen molar-refractivity contribution in [2.75, 3.05) is 24.2 Å². The van der Waals surface area contributed by atoms with Gasteiger partial charge in [-0.3, -0.25) is 13.9 Å². The molecule has 2 aromatic rings. The lowest BCUT2D eigenvalue weighted by molar-refractivity contribution is -0.139. The molecule has 0 heterocycles. The van der Waals surface area contributed by atoms with Crippen LogP contribution in [0.2, 0.25) is 10.0 Å². The summed E-state index contributed by atoms with van der Waals surface area (Å²) in [5.41, 5.74) is 0.238. The molecule has 168 valence electrons. The number of carbonyl (C=O) groups is 2. The second kappa shape index (κ2) is 10.3. The van der Waals surface area contributed by atoms with Crippen LogP contribution in [0.25, 0.3) is 0 Å². The monoisotopic (exact) mass is 489 g/mol. The molecule has 7 nitrogen and oxygen atoms in total. The standard InChI is InChI=1S/C20H22Cl2FN3O4S/c1-13(20(28)24-2)25(11-14-8-9-15(21)10-16(14)22)19(27)12-26(31(3,29)30)18-7-5-4-6-17(18)23/h4-10,13H,11-12H2,1-3H3,(H,24,28)/t13-/m1/s1. The highest BCUT2D eigenvalue weighted by atomic mass is 35.5. The quantitative estimate of drug-likeness (QED) is 0.617. The second-order valence-corrected chi connectivity index (χ2v) is 9.52. The Labute approximate surface area is 190 Å². The van der Waals surface area contributed by atoms with Gasteiger partial charge in [-0.05, 0) is 36.8 Å². The molecule has 2 rings (SSSR count). The molecule has 0 unspecified atom stereocenters. The number of nitrogens with one attached hydrogen (secondary N) is 1. The van der Waals surface area contributed by atoms with Gasteiger partial charge in [0.15, 0.2) is 0 Å². The zero-order valence-electron chi connectivity index (χ0n) is 17.1. The molecule has 31 heavy (non-hydrogen) atoms. The molecule has 0 saturated carbocycles. The Morgan fingerprint density at radius 2 is 1.81 bits per heavy atom. The summed E-state index contributed by atoms with van der Waals surface area (Å²) in [5, 5.41) is 3.13. The molecule has 1 N–H and O–H groups in total. The van der Waals surface area contributed by atoms with Crippen LogP contribution in [0.4, 0.5) is 10.1 Å². The number of amides is 2. The summed E-state index contributed by atoms with van der Waals surface area (Å²) >= 11 is 12.1. The number of anilines is 1. The van der Waals surface area contributed by atoms with Crippen molar-refractivity contribution in [3.8, 4) is 0 Å². The first-order valence-electron chi connectivity index (χ1n) is 9.13. The highest BCUT2D eigenvalue weighted by Gasteiger charge is 2.31. The minimum Gasteiger partial charge on any atom is -0.357 e. The fraction of sp³-hybridized carbons (Fsp3) is 0.300. The molecule has 0 aromatic heterocycles. The van der Waals surface area contributed by atoms with Crippen LogP contribution in [0.1, 0.15) is 12.5 Å². The van der Waals surface area contributed by atoms with Gasteiger partial charge in [0.2, 0.25) is 21.8 Å². The Hall–Kier alpha value is -2.36. The average molecular weight is 490 g/mol. The predicted octanol–water partition coefficient (Wildman–Crippen LogP) is 3.06. The number of rotatable bonds is 8. The lowest BCUT2D eigenvalue weighted by atomic mass is 10.1. The van der Waals surface area contributed by atoms with Gasteiger partial charge in [-0.1, -0.05) is 41.4 Å². The highest BCUT2D eigenvalue weighted by molar-refractivity contribution is 7.92. The summed E-state index contributed by atoms with van der Waals surface area (Å²) in [7, 11) is -2.59. The minimum atomic E-state index is -4.01. The van der Waals surface area contributed by atoms with Crippen LogP contribution >= 0.6 is 23.2 Å². The van der Waals surface area contributed by atoms with Crippen molar-refractivity contribution in [2.45, 2.75) is 19.5 Å². The van der Waals surface area contributed by atoms with Crippen molar-refractivity contribution in [1.29, 1.82) is 0 Å². The molecule has 0 spiro atoms. The van der Waals surface area contributed by atoms with E-state index < -0.39 is 40.2 Å². The van der Waals surface area contributed by atoms with Gasteiger partial charge in [0, 0.05) is 23.6 Å². The molecule has 1 atom stereocenters. The van der Waals surface area contributed by atoms with Gasteiger partial charge in [-0.2, -0.15) is 0 Å². The minimum absolute atomic E-state index is 0.0850. The van der Waals surface area contributed by atoms with E-state index in [2.05, 4.69) is 5.32 Å². The third-order valence-electron chi connectivity index (χ3n) is 4.57. The van der Waals surface area contributed by atoms with Gasteiger partial charge in [0.05, 0.1) is 11.9 Å². The topological polar surface area (TPSA) is 86.8 Å². The Kier molecular flexibility index (Phi) is 8.27. The van der Waals surface area contributed by atoms with Crippen LogP contribution in [0.5, 0.6) is 0 Å². The van der Waals surface area contributed by atoms with Crippen LogP contribution in [0.3, 0.4) is 0 Å². The molecule has 0 aliphatic rings. The zero-order chi connectivity index (χ0) is 23.3. The number of benzene rings is 2. The van der Waals surface area contributed by atoms with E-state index >= 15 is 0 Å². The number of likely N-dealkylation sites (N-methyl/N-ethyl adjacent to an activating group) is 1. The third-order valence-corrected chi connectivity index (χ3v) is 6.28. The summed E-state index contributed by atoms with van der Waals surface area (Å²) in [5.74, 6) is -1.97. The molecule has 11 heteroatoms. The molecule has 0 aliphatic carbocycles. The number of sulfonamides is 1. The second-order valence-electron chi connectivity index (χ2n) is 6.77. The van der Waals surface area contributed by atoms with Crippen molar-refractivity contribution in [2.24, 2.45) is 0 Å². The fourth-order valence-corrected chi connectivity index (χ4v) is 4.19. The van der Waals surface area contributed by atoms with E-state index in [-0.39, 0.29) is 17.3 Å². The summed E-state index contributed by atoms with van der Waals surface area (Å²) in [6, 6.07) is 8.94. The molecule has 0 bridgehead atoms. The van der Waals surface area contributed by atoms with Crippen LogP contribution in [-0.4, -0.2) is 51.0 Å². The molecule has 2 aromatic carbocycles. The van der Waals surface area contributed by atoms with E-state index in [4.69, 9.17) is 23.2 Å². The Morgan fingerprint density at radius 3 is 2.35 bits per heavy atom. The summed E-state index contributed by atoms with van der Waals surface area (Å²) in [6.45, 7) is 0.707. The molecule has 0 saturated heterocycles. The molecule has 0 fully saturated rings. The highest BCUT2D eigenvalue weighted by Crippen LogP contribution is 2.25. The largest absolute Gasteiger partial charge is 0.357 e. The van der Waals surface area contributed by atoms with Gasteiger partial charge >= 0.3 is 0 Å². The van der Waals surface area contributed by atoms with E-state index in [0.29, 0.717) is 14.9 Å². The maximum atomic E-state index is 14.3. The summed E-state index contributed by atoms with van der Waals surface area (Å²) in [6.07, 6.45) is 0.870. The number of para-hydroxylation sites is 1. The van der Waals surface area contributed by atoms with Crippen LogP contribution in [-0.2, 0) is 26.2 Å². The molecular formula is C20H22Cl2FN3O4S. The third kappa shape index (κ3) is 6.32. The van der Waals surface area contributed by atoms with Crippen molar-refractivity contribution in [3.05, 3.63) is 63.9 Å². The van der Waals surface area contributed by atoms with E-state index in [1.54, 1.807) is 12.1 Å². The number of nitrogens with zero attached hydrogens (tertiary/aromatic N) is 2. The maximum absolute atomic E-state index is 14.3. The maximum Gasteiger partial charge on any atom is 0.244 e. The van der Waals surface area contributed by atoms with Gasteiger partial charge in [0.1, 0.15) is 18.4 Å². The van der Waals surface area contributed by atoms with E-state index in [9.17, 15) is 22.4 Å².